The smallest absolute Gasteiger partial charge is 0.404 e. The van der Waals surface area contributed by atoms with E-state index in [2.05, 4.69) is 18.4 Å². The molecule has 0 amide bonds. The summed E-state index contributed by atoms with van der Waals surface area (Å²) >= 11 is 0. The van der Waals surface area contributed by atoms with E-state index >= 15 is 0 Å². The molecule has 5 nitrogen and oxygen atoms in total. The molecule has 0 bridgehead atoms. The molecule has 0 aliphatic carbocycles. The van der Waals surface area contributed by atoms with Crippen LogP contribution in [0.5, 0.6) is 5.75 Å². The molecule has 0 fully saturated rings. The normalized spacial score (nSPS) is 12.6. The molecule has 2 N–H and O–H groups in total. The lowest BCUT2D eigenvalue weighted by molar-refractivity contribution is -0.120. The van der Waals surface area contributed by atoms with Crippen LogP contribution in [-0.4, -0.2) is 15.6 Å². The summed E-state index contributed by atoms with van der Waals surface area (Å²) in [5.74, 6) is 0.730. The largest absolute Gasteiger partial charge is 0.524 e. The zero-order valence-corrected chi connectivity index (χ0v) is 21.2. The van der Waals surface area contributed by atoms with Crippen molar-refractivity contribution in [2.24, 2.45) is 5.92 Å². The van der Waals surface area contributed by atoms with Gasteiger partial charge in [0.15, 0.2) is 0 Å². The van der Waals surface area contributed by atoms with Gasteiger partial charge in [0.05, 0.1) is 0 Å². The highest BCUT2D eigenvalue weighted by molar-refractivity contribution is 7.46. The van der Waals surface area contributed by atoms with E-state index in [9.17, 15) is 9.36 Å². The second-order valence-corrected chi connectivity index (χ2v) is 10.4. The maximum absolute atomic E-state index is 12.2. The predicted molar refractivity (Wildman–Crippen MR) is 132 cm³/mol. The molecule has 6 heteroatoms. The Morgan fingerprint density at radius 1 is 0.844 bits per heavy atom. The first-order valence-electron chi connectivity index (χ1n) is 12.7. The van der Waals surface area contributed by atoms with Crippen LogP contribution in [0.15, 0.2) is 24.3 Å². The molecule has 0 unspecified atom stereocenters. The predicted octanol–water partition coefficient (Wildman–Crippen LogP) is 7.78. The third-order valence-electron chi connectivity index (χ3n) is 5.87. The van der Waals surface area contributed by atoms with Gasteiger partial charge in [-0.25, -0.2) is 4.57 Å². The molecule has 184 valence electrons. The molecule has 32 heavy (non-hydrogen) atoms. The van der Waals surface area contributed by atoms with Crippen molar-refractivity contribution in [3.05, 3.63) is 29.8 Å². The molecule has 0 radical (unpaired) electrons. The van der Waals surface area contributed by atoms with E-state index in [-0.39, 0.29) is 11.7 Å². The number of hydrogen-bond acceptors (Lipinski definition) is 3. The molecular formula is C26H45O5P. The SMILES string of the molecule is CCCCCCCCCCCCCCCC(=O)C[C@H](C)Cc1ccc(OP(=O)(O)O)cc1. The molecule has 0 saturated heterocycles. The lowest BCUT2D eigenvalue weighted by atomic mass is 9.94. The van der Waals surface area contributed by atoms with Crippen LogP contribution >= 0.6 is 7.82 Å². The topological polar surface area (TPSA) is 83.8 Å². The molecule has 0 aliphatic heterocycles. The number of ketones is 1. The van der Waals surface area contributed by atoms with Gasteiger partial charge in [0, 0.05) is 12.8 Å². The average Bonchev–Trinajstić information content (AvgIpc) is 2.71. The van der Waals surface area contributed by atoms with Crippen molar-refractivity contribution >= 4 is 13.6 Å². The first-order valence-corrected chi connectivity index (χ1v) is 14.2. The molecule has 0 spiro atoms. The van der Waals surface area contributed by atoms with Gasteiger partial charge in [-0.3, -0.25) is 14.6 Å². The number of carbonyl (C=O) groups is 1. The zero-order chi connectivity index (χ0) is 23.7. The van der Waals surface area contributed by atoms with Crippen LogP contribution in [0.4, 0.5) is 0 Å². The quantitative estimate of drug-likeness (QED) is 0.151. The van der Waals surface area contributed by atoms with Crippen LogP contribution in [-0.2, 0) is 15.8 Å². The van der Waals surface area contributed by atoms with Gasteiger partial charge in [-0.1, -0.05) is 103 Å². The van der Waals surface area contributed by atoms with E-state index in [1.165, 1.54) is 70.6 Å². The molecule has 1 rings (SSSR count). The Hall–Kier alpha value is -1.16. The summed E-state index contributed by atoms with van der Waals surface area (Å²) in [6.07, 6.45) is 19.1. The monoisotopic (exact) mass is 468 g/mol. The van der Waals surface area contributed by atoms with Crippen LogP contribution in [0.2, 0.25) is 0 Å². The van der Waals surface area contributed by atoms with Gasteiger partial charge in [0.2, 0.25) is 0 Å². The van der Waals surface area contributed by atoms with Crippen molar-refractivity contribution in [3.63, 3.8) is 0 Å². The number of phosphoric ester groups is 1. The average molecular weight is 469 g/mol. The standard InChI is InChI=1S/C26H45O5P/c1-3-4-5-6-7-8-9-10-11-12-13-14-15-16-25(27)22-23(2)21-24-17-19-26(20-18-24)31-32(28,29)30/h17-20,23H,3-16,21-22H2,1-2H3,(H2,28,29,30)/t23-/m1/s1. The number of unbranched alkanes of at least 4 members (excludes halogenated alkanes) is 12. The van der Waals surface area contributed by atoms with Crippen molar-refractivity contribution in [1.29, 1.82) is 0 Å². The van der Waals surface area contributed by atoms with Gasteiger partial charge in [-0.05, 0) is 36.5 Å². The second kappa shape index (κ2) is 17.3. The molecule has 1 atom stereocenters. The summed E-state index contributed by atoms with van der Waals surface area (Å²) in [7, 11) is -4.52. The highest BCUT2D eigenvalue weighted by Crippen LogP contribution is 2.37. The fourth-order valence-electron chi connectivity index (χ4n) is 4.13. The van der Waals surface area contributed by atoms with Crippen molar-refractivity contribution in [3.8, 4) is 5.75 Å². The van der Waals surface area contributed by atoms with Crippen molar-refractivity contribution in [2.75, 3.05) is 0 Å². The Balaban J connectivity index is 2.02. The molecule has 0 aliphatic rings. The Kier molecular flexibility index (Phi) is 15.6. The molecule has 1 aromatic rings. The van der Waals surface area contributed by atoms with E-state index in [1.54, 1.807) is 24.3 Å². The molecule has 0 heterocycles. The fourth-order valence-corrected chi connectivity index (χ4v) is 4.53. The summed E-state index contributed by atoms with van der Waals surface area (Å²) in [4.78, 5) is 29.9. The Morgan fingerprint density at radius 2 is 1.31 bits per heavy atom. The van der Waals surface area contributed by atoms with Gasteiger partial charge in [-0.15, -0.1) is 0 Å². The number of carbonyl (C=O) groups excluding carboxylic acids is 1. The van der Waals surface area contributed by atoms with Gasteiger partial charge in [0.25, 0.3) is 0 Å². The minimum Gasteiger partial charge on any atom is -0.404 e. The van der Waals surface area contributed by atoms with Crippen LogP contribution in [0.3, 0.4) is 0 Å². The number of rotatable bonds is 20. The summed E-state index contributed by atoms with van der Waals surface area (Å²) < 4.78 is 15.4. The van der Waals surface area contributed by atoms with Crippen LogP contribution in [0.1, 0.15) is 116 Å². The maximum atomic E-state index is 12.2. The van der Waals surface area contributed by atoms with E-state index in [0.717, 1.165) is 24.8 Å². The minimum absolute atomic E-state index is 0.147. The third kappa shape index (κ3) is 16.5. The lowest BCUT2D eigenvalue weighted by Crippen LogP contribution is -2.08. The highest BCUT2D eigenvalue weighted by Gasteiger charge is 2.16. The third-order valence-corrected chi connectivity index (χ3v) is 6.32. The first-order chi connectivity index (χ1) is 15.3. The van der Waals surface area contributed by atoms with Gasteiger partial charge >= 0.3 is 7.82 Å². The molecule has 1 aromatic carbocycles. The van der Waals surface area contributed by atoms with Crippen LogP contribution in [0, 0.1) is 5.92 Å². The van der Waals surface area contributed by atoms with Gasteiger partial charge < -0.3 is 4.52 Å². The van der Waals surface area contributed by atoms with Crippen LogP contribution < -0.4 is 4.52 Å². The van der Waals surface area contributed by atoms with Gasteiger partial charge in [0.1, 0.15) is 11.5 Å². The number of benzene rings is 1. The minimum atomic E-state index is -4.52. The van der Waals surface area contributed by atoms with E-state index in [1.807, 2.05) is 0 Å². The van der Waals surface area contributed by atoms with Crippen molar-refractivity contribution < 1.29 is 23.7 Å². The maximum Gasteiger partial charge on any atom is 0.524 e. The molecule has 0 aromatic heterocycles. The highest BCUT2D eigenvalue weighted by atomic mass is 31.2. The summed E-state index contributed by atoms with van der Waals surface area (Å²) in [5.41, 5.74) is 1.03. The summed E-state index contributed by atoms with van der Waals surface area (Å²) in [5, 5.41) is 0. The Labute approximate surface area is 195 Å². The summed E-state index contributed by atoms with van der Waals surface area (Å²) in [6, 6.07) is 6.68. The molecular weight excluding hydrogens is 423 g/mol. The number of hydrogen-bond donors (Lipinski definition) is 2. The molecule has 0 saturated carbocycles. The zero-order valence-electron chi connectivity index (χ0n) is 20.3. The van der Waals surface area contributed by atoms with E-state index in [4.69, 9.17) is 9.79 Å². The van der Waals surface area contributed by atoms with Crippen molar-refractivity contribution in [2.45, 2.75) is 117 Å². The van der Waals surface area contributed by atoms with Crippen LogP contribution in [0.25, 0.3) is 0 Å². The first kappa shape index (κ1) is 28.9. The number of phosphoric acid groups is 1. The van der Waals surface area contributed by atoms with Gasteiger partial charge in [-0.2, -0.15) is 0 Å². The second-order valence-electron chi connectivity index (χ2n) is 9.27. The van der Waals surface area contributed by atoms with E-state index < -0.39 is 7.82 Å². The number of Topliss-reactive ketones (excluding diaryl/α,β-unsaturated/α-hetero) is 1. The lowest BCUT2D eigenvalue weighted by Gasteiger charge is -2.12. The Bertz CT molecular complexity index is 653. The van der Waals surface area contributed by atoms with Crippen molar-refractivity contribution in [1.82, 2.24) is 0 Å². The van der Waals surface area contributed by atoms with E-state index in [0.29, 0.717) is 18.6 Å². The Morgan fingerprint density at radius 3 is 1.78 bits per heavy atom. The summed E-state index contributed by atoms with van der Waals surface area (Å²) in [6.45, 7) is 4.33. The fraction of sp³-hybridized carbons (Fsp3) is 0.731.